The summed E-state index contributed by atoms with van der Waals surface area (Å²) >= 11 is 0. The van der Waals surface area contributed by atoms with Gasteiger partial charge in [-0.1, -0.05) is 61.5 Å². The van der Waals surface area contributed by atoms with Crippen LogP contribution in [0.4, 0.5) is 0 Å². The highest BCUT2D eigenvalue weighted by Gasteiger charge is 2.19. The van der Waals surface area contributed by atoms with Crippen molar-refractivity contribution in [1.29, 1.82) is 0 Å². The number of nitrogens with one attached hydrogen (secondary N) is 1. The van der Waals surface area contributed by atoms with E-state index in [1.54, 1.807) is 23.0 Å². The lowest BCUT2D eigenvalue weighted by Crippen LogP contribution is -2.34. The Labute approximate surface area is 193 Å². The third-order valence-electron chi connectivity index (χ3n) is 5.48. The average molecular weight is 442 g/mol. The lowest BCUT2D eigenvalue weighted by atomic mass is 10.0. The van der Waals surface area contributed by atoms with E-state index in [9.17, 15) is 4.79 Å². The molecule has 0 bridgehead atoms. The summed E-state index contributed by atoms with van der Waals surface area (Å²) in [5.41, 5.74) is 4.86. The molecule has 7 heteroatoms. The van der Waals surface area contributed by atoms with Crippen molar-refractivity contribution >= 4 is 5.91 Å². The van der Waals surface area contributed by atoms with Crippen LogP contribution in [0, 0.1) is 0 Å². The molecule has 4 rings (SSSR count). The predicted octanol–water partition coefficient (Wildman–Crippen LogP) is 4.26. The Hall–Kier alpha value is -4.00. The Balaban J connectivity index is 1.43. The molecule has 0 unspecified atom stereocenters. The molecule has 4 aromatic rings. The topological polar surface area (TPSA) is 81.9 Å². The molecule has 1 amide bonds. The maximum absolute atomic E-state index is 13.0. The number of carbonyl (C=O) groups is 1. The fourth-order valence-corrected chi connectivity index (χ4v) is 3.81. The Kier molecular flexibility index (Phi) is 6.78. The van der Waals surface area contributed by atoms with Crippen LogP contribution in [0.3, 0.4) is 0 Å². The molecule has 0 aliphatic carbocycles. The summed E-state index contributed by atoms with van der Waals surface area (Å²) in [5.74, 6) is 0.818. The SMILES string of the molecule is CCc1c(C(=O)N[C@@H](C)Cc2ccc(-c3ccccc3)cc2)cnn1-c1ccc(OC)nn1. The number of aromatic nitrogens is 4. The van der Waals surface area contributed by atoms with E-state index in [2.05, 4.69) is 57.0 Å². The number of benzene rings is 2. The van der Waals surface area contributed by atoms with Gasteiger partial charge in [-0.25, -0.2) is 4.68 Å². The van der Waals surface area contributed by atoms with Crippen LogP contribution in [0.5, 0.6) is 5.88 Å². The van der Waals surface area contributed by atoms with E-state index in [1.165, 1.54) is 23.8 Å². The second-order valence-corrected chi connectivity index (χ2v) is 7.85. The third kappa shape index (κ3) is 5.09. The third-order valence-corrected chi connectivity index (χ3v) is 5.48. The van der Waals surface area contributed by atoms with Gasteiger partial charge in [0, 0.05) is 12.1 Å². The van der Waals surface area contributed by atoms with Gasteiger partial charge >= 0.3 is 0 Å². The maximum atomic E-state index is 13.0. The molecule has 0 saturated heterocycles. The Bertz CT molecular complexity index is 1200. The fraction of sp³-hybridized carbons (Fsp3) is 0.231. The highest BCUT2D eigenvalue weighted by Crippen LogP contribution is 2.20. The van der Waals surface area contributed by atoms with Gasteiger partial charge in [0.25, 0.3) is 5.91 Å². The average Bonchev–Trinajstić information content (AvgIpc) is 3.29. The van der Waals surface area contributed by atoms with Gasteiger partial charge in [-0.2, -0.15) is 5.10 Å². The van der Waals surface area contributed by atoms with E-state index in [-0.39, 0.29) is 11.9 Å². The molecule has 0 aliphatic rings. The van der Waals surface area contributed by atoms with Crippen molar-refractivity contribution in [2.24, 2.45) is 0 Å². The number of nitrogens with zero attached hydrogens (tertiary/aromatic N) is 4. The molecule has 2 aromatic carbocycles. The van der Waals surface area contributed by atoms with Crippen molar-refractivity contribution in [2.45, 2.75) is 32.7 Å². The maximum Gasteiger partial charge on any atom is 0.254 e. The van der Waals surface area contributed by atoms with Gasteiger partial charge < -0.3 is 10.1 Å². The van der Waals surface area contributed by atoms with Crippen LogP contribution in [0.1, 0.15) is 35.5 Å². The zero-order valence-electron chi connectivity index (χ0n) is 19.0. The summed E-state index contributed by atoms with van der Waals surface area (Å²) in [7, 11) is 1.54. The summed E-state index contributed by atoms with van der Waals surface area (Å²) in [6.07, 6.45) is 2.95. The largest absolute Gasteiger partial charge is 0.480 e. The molecule has 7 nitrogen and oxygen atoms in total. The lowest BCUT2D eigenvalue weighted by Gasteiger charge is -2.15. The summed E-state index contributed by atoms with van der Waals surface area (Å²) in [5, 5.41) is 15.6. The molecule has 0 radical (unpaired) electrons. The van der Waals surface area contributed by atoms with Crippen molar-refractivity contribution in [2.75, 3.05) is 7.11 Å². The highest BCUT2D eigenvalue weighted by atomic mass is 16.5. The minimum absolute atomic E-state index is 0.0334. The Morgan fingerprint density at radius 3 is 2.36 bits per heavy atom. The van der Waals surface area contributed by atoms with Gasteiger partial charge in [0.05, 0.1) is 24.6 Å². The molecule has 2 heterocycles. The minimum Gasteiger partial charge on any atom is -0.480 e. The normalized spacial score (nSPS) is 11.7. The van der Waals surface area contributed by atoms with Crippen LogP contribution in [0.25, 0.3) is 16.9 Å². The number of amides is 1. The fourth-order valence-electron chi connectivity index (χ4n) is 3.81. The molecule has 1 N–H and O–H groups in total. The zero-order valence-corrected chi connectivity index (χ0v) is 19.0. The van der Waals surface area contributed by atoms with Gasteiger partial charge in [-0.05, 0) is 42.5 Å². The van der Waals surface area contributed by atoms with Crippen LogP contribution in [0.15, 0.2) is 72.9 Å². The van der Waals surface area contributed by atoms with E-state index in [0.29, 0.717) is 23.7 Å². The molecule has 2 aromatic heterocycles. The summed E-state index contributed by atoms with van der Waals surface area (Å²) < 4.78 is 6.71. The lowest BCUT2D eigenvalue weighted by molar-refractivity contribution is 0.0939. The number of methoxy groups -OCH3 is 1. The van der Waals surface area contributed by atoms with Crippen LogP contribution in [-0.2, 0) is 12.8 Å². The van der Waals surface area contributed by atoms with Crippen LogP contribution < -0.4 is 10.1 Å². The number of rotatable bonds is 8. The van der Waals surface area contributed by atoms with Crippen molar-refractivity contribution in [3.8, 4) is 22.8 Å². The highest BCUT2D eigenvalue weighted by molar-refractivity contribution is 5.95. The van der Waals surface area contributed by atoms with Crippen LogP contribution in [-0.4, -0.2) is 39.0 Å². The standard InChI is InChI=1S/C26H27N5O2/c1-4-23-22(17-27-31(23)24-14-15-25(33-3)30-29-24)26(32)28-18(2)16-19-10-12-21(13-11-19)20-8-6-5-7-9-20/h5-15,17-18H,4,16H2,1-3H3,(H,28,32)/t18-/m0/s1. The van der Waals surface area contributed by atoms with Crippen molar-refractivity contribution in [1.82, 2.24) is 25.3 Å². The van der Waals surface area contributed by atoms with Gasteiger partial charge in [0.1, 0.15) is 0 Å². The summed E-state index contributed by atoms with van der Waals surface area (Å²) in [4.78, 5) is 13.0. The second-order valence-electron chi connectivity index (χ2n) is 7.85. The first-order chi connectivity index (χ1) is 16.1. The monoisotopic (exact) mass is 441 g/mol. The first-order valence-electron chi connectivity index (χ1n) is 11.0. The first kappa shape index (κ1) is 22.2. The minimum atomic E-state index is -0.145. The zero-order chi connectivity index (χ0) is 23.2. The number of carbonyl (C=O) groups excluding carboxylic acids is 1. The van der Waals surface area contributed by atoms with Crippen molar-refractivity contribution < 1.29 is 9.53 Å². The first-order valence-corrected chi connectivity index (χ1v) is 11.0. The second kappa shape index (κ2) is 10.1. The van der Waals surface area contributed by atoms with Crippen molar-refractivity contribution in [3.63, 3.8) is 0 Å². The van der Waals surface area contributed by atoms with Gasteiger partial charge in [-0.15, -0.1) is 10.2 Å². The molecular weight excluding hydrogens is 414 g/mol. The molecule has 1 atom stereocenters. The quantitative estimate of drug-likeness (QED) is 0.442. The molecule has 0 saturated carbocycles. The predicted molar refractivity (Wildman–Crippen MR) is 128 cm³/mol. The van der Waals surface area contributed by atoms with E-state index in [4.69, 9.17) is 4.74 Å². The van der Waals surface area contributed by atoms with E-state index < -0.39 is 0 Å². The van der Waals surface area contributed by atoms with E-state index >= 15 is 0 Å². The molecule has 0 fully saturated rings. The van der Waals surface area contributed by atoms with Gasteiger partial charge in [-0.3, -0.25) is 4.79 Å². The number of hydrogen-bond donors (Lipinski definition) is 1. The van der Waals surface area contributed by atoms with E-state index in [0.717, 1.165) is 12.1 Å². The molecule has 0 spiro atoms. The molecule has 33 heavy (non-hydrogen) atoms. The Morgan fingerprint density at radius 2 is 1.73 bits per heavy atom. The number of ether oxygens (including phenoxy) is 1. The van der Waals surface area contributed by atoms with E-state index in [1.807, 2.05) is 32.0 Å². The van der Waals surface area contributed by atoms with Gasteiger partial charge in [0.15, 0.2) is 5.82 Å². The Morgan fingerprint density at radius 1 is 1.00 bits per heavy atom. The van der Waals surface area contributed by atoms with Gasteiger partial charge in [0.2, 0.25) is 5.88 Å². The molecular formula is C26H27N5O2. The number of hydrogen-bond acceptors (Lipinski definition) is 5. The molecule has 168 valence electrons. The van der Waals surface area contributed by atoms with Crippen LogP contribution in [0.2, 0.25) is 0 Å². The summed E-state index contributed by atoms with van der Waals surface area (Å²) in [6.45, 7) is 3.99. The van der Waals surface area contributed by atoms with Crippen molar-refractivity contribution in [3.05, 3.63) is 89.7 Å². The summed E-state index contributed by atoms with van der Waals surface area (Å²) in [6, 6.07) is 22.2. The molecule has 0 aliphatic heterocycles. The van der Waals surface area contributed by atoms with Crippen LogP contribution >= 0.6 is 0 Å². The smallest absolute Gasteiger partial charge is 0.254 e.